The summed E-state index contributed by atoms with van der Waals surface area (Å²) in [5.41, 5.74) is 0.411. The number of allylic oxidation sites excluding steroid dienone is 4. The third kappa shape index (κ3) is 4.35. The van der Waals surface area contributed by atoms with Crippen molar-refractivity contribution in [3.63, 3.8) is 0 Å². The number of aliphatic hydroxyl groups is 1. The Labute approximate surface area is 115 Å². The van der Waals surface area contributed by atoms with E-state index in [4.69, 9.17) is 4.74 Å². The number of esters is 1. The minimum Gasteiger partial charge on any atom is -0.426 e. The summed E-state index contributed by atoms with van der Waals surface area (Å²) in [6.45, 7) is 10.9. The van der Waals surface area contributed by atoms with Crippen LogP contribution in [0.15, 0.2) is 35.1 Å². The predicted molar refractivity (Wildman–Crippen MR) is 76.4 cm³/mol. The fraction of sp³-hybridized carbons (Fsp3) is 0.562. The van der Waals surface area contributed by atoms with Crippen molar-refractivity contribution < 1.29 is 14.6 Å². The average molecular weight is 264 g/mol. The lowest BCUT2D eigenvalue weighted by Crippen LogP contribution is -2.22. The Morgan fingerprint density at radius 3 is 2.26 bits per heavy atom. The van der Waals surface area contributed by atoms with E-state index in [-0.39, 0.29) is 5.97 Å². The molecule has 1 rings (SSSR count). The maximum atomic E-state index is 11.9. The molecule has 19 heavy (non-hydrogen) atoms. The lowest BCUT2D eigenvalue weighted by atomic mass is 9.95. The van der Waals surface area contributed by atoms with Gasteiger partial charge in [0.25, 0.3) is 0 Å². The fourth-order valence-electron chi connectivity index (χ4n) is 1.56. The van der Waals surface area contributed by atoms with Gasteiger partial charge < -0.3 is 9.84 Å². The summed E-state index contributed by atoms with van der Waals surface area (Å²) < 4.78 is 5.44. The molecule has 0 bridgehead atoms. The molecule has 0 spiro atoms. The van der Waals surface area contributed by atoms with E-state index >= 15 is 0 Å². The zero-order chi connectivity index (χ0) is 14.8. The molecular formula is C16H24O3. The van der Waals surface area contributed by atoms with E-state index < -0.39 is 11.0 Å². The first-order valence-electron chi connectivity index (χ1n) is 6.55. The van der Waals surface area contributed by atoms with Gasteiger partial charge in [-0.15, -0.1) is 0 Å². The van der Waals surface area contributed by atoms with Gasteiger partial charge in [0, 0.05) is 0 Å². The molecule has 1 N–H and O–H groups in total. The molecule has 3 heteroatoms. The Morgan fingerprint density at radius 1 is 1.21 bits per heavy atom. The van der Waals surface area contributed by atoms with Crippen LogP contribution in [-0.2, 0) is 9.53 Å². The summed E-state index contributed by atoms with van der Waals surface area (Å²) in [6, 6.07) is 0. The second kappa shape index (κ2) is 5.33. The van der Waals surface area contributed by atoms with Gasteiger partial charge in [-0.3, -0.25) is 4.79 Å². The zero-order valence-corrected chi connectivity index (χ0v) is 12.7. The van der Waals surface area contributed by atoms with Crippen molar-refractivity contribution in [2.24, 2.45) is 5.41 Å². The molecule has 0 saturated carbocycles. The standard InChI is InChI=1S/C16H24O3/c1-11-7-8-12(16(5,6)18)9-10-13(11)19-14(17)15(2,3)4/h7,9-10,18H,8H2,1-6H3. The topological polar surface area (TPSA) is 46.5 Å². The van der Waals surface area contributed by atoms with Crippen molar-refractivity contribution >= 4 is 5.97 Å². The molecule has 0 heterocycles. The van der Waals surface area contributed by atoms with Crippen LogP contribution in [0.25, 0.3) is 0 Å². The van der Waals surface area contributed by atoms with Gasteiger partial charge in [0.2, 0.25) is 0 Å². The van der Waals surface area contributed by atoms with Crippen LogP contribution in [0.4, 0.5) is 0 Å². The van der Waals surface area contributed by atoms with Crippen LogP contribution in [0.2, 0.25) is 0 Å². The van der Waals surface area contributed by atoms with Crippen LogP contribution in [0.1, 0.15) is 48.0 Å². The largest absolute Gasteiger partial charge is 0.426 e. The fourth-order valence-corrected chi connectivity index (χ4v) is 1.56. The van der Waals surface area contributed by atoms with E-state index in [1.54, 1.807) is 19.9 Å². The molecule has 0 aromatic heterocycles. The third-order valence-corrected chi connectivity index (χ3v) is 3.05. The molecule has 0 aromatic carbocycles. The van der Waals surface area contributed by atoms with Crippen molar-refractivity contribution in [1.29, 1.82) is 0 Å². The average Bonchev–Trinajstić information content (AvgIpc) is 2.39. The zero-order valence-electron chi connectivity index (χ0n) is 12.7. The summed E-state index contributed by atoms with van der Waals surface area (Å²) in [4.78, 5) is 11.9. The number of hydrogen-bond acceptors (Lipinski definition) is 3. The summed E-state index contributed by atoms with van der Waals surface area (Å²) in [7, 11) is 0. The summed E-state index contributed by atoms with van der Waals surface area (Å²) in [5.74, 6) is 0.297. The normalized spacial score (nSPS) is 17.1. The first-order valence-corrected chi connectivity index (χ1v) is 6.55. The summed E-state index contributed by atoms with van der Waals surface area (Å²) in [5, 5.41) is 10.0. The lowest BCUT2D eigenvalue weighted by Gasteiger charge is -2.19. The second-order valence-electron chi connectivity index (χ2n) is 6.51. The molecular weight excluding hydrogens is 240 g/mol. The molecule has 0 amide bonds. The Bertz CT molecular complexity index is 451. The maximum absolute atomic E-state index is 11.9. The minimum absolute atomic E-state index is 0.258. The first-order chi connectivity index (χ1) is 8.51. The molecule has 0 aliphatic heterocycles. The molecule has 3 nitrogen and oxygen atoms in total. The number of hydrogen-bond donors (Lipinski definition) is 1. The van der Waals surface area contributed by atoms with Crippen molar-refractivity contribution in [2.45, 2.75) is 53.6 Å². The molecule has 0 unspecified atom stereocenters. The highest BCUT2D eigenvalue weighted by Gasteiger charge is 2.25. The van der Waals surface area contributed by atoms with E-state index in [0.717, 1.165) is 11.1 Å². The van der Waals surface area contributed by atoms with Crippen LogP contribution in [-0.4, -0.2) is 16.7 Å². The highest BCUT2D eigenvalue weighted by Crippen LogP contribution is 2.27. The van der Waals surface area contributed by atoms with Gasteiger partial charge in [-0.05, 0) is 65.2 Å². The van der Waals surface area contributed by atoms with Crippen LogP contribution in [0.5, 0.6) is 0 Å². The van der Waals surface area contributed by atoms with Crippen molar-refractivity contribution in [3.05, 3.63) is 35.1 Å². The van der Waals surface area contributed by atoms with Gasteiger partial charge in [-0.2, -0.15) is 0 Å². The van der Waals surface area contributed by atoms with Crippen molar-refractivity contribution in [3.8, 4) is 0 Å². The quantitative estimate of drug-likeness (QED) is 0.776. The molecule has 0 fully saturated rings. The first kappa shape index (κ1) is 15.7. The molecule has 0 saturated heterocycles. The van der Waals surface area contributed by atoms with Gasteiger partial charge in [0.15, 0.2) is 0 Å². The number of ether oxygens (including phenoxy) is 1. The van der Waals surface area contributed by atoms with E-state index in [9.17, 15) is 9.90 Å². The van der Waals surface area contributed by atoms with Crippen LogP contribution in [0, 0.1) is 5.41 Å². The lowest BCUT2D eigenvalue weighted by molar-refractivity contribution is -0.148. The molecule has 0 aromatic rings. The summed E-state index contributed by atoms with van der Waals surface area (Å²) >= 11 is 0. The van der Waals surface area contributed by atoms with Crippen molar-refractivity contribution in [1.82, 2.24) is 0 Å². The number of carbonyl (C=O) groups excluding carboxylic acids is 1. The van der Waals surface area contributed by atoms with E-state index in [2.05, 4.69) is 0 Å². The van der Waals surface area contributed by atoms with E-state index in [1.807, 2.05) is 39.8 Å². The smallest absolute Gasteiger partial charge is 0.316 e. The maximum Gasteiger partial charge on any atom is 0.316 e. The third-order valence-electron chi connectivity index (χ3n) is 3.05. The molecule has 1 aliphatic carbocycles. The van der Waals surface area contributed by atoms with Gasteiger partial charge in [-0.25, -0.2) is 0 Å². The second-order valence-corrected chi connectivity index (χ2v) is 6.51. The molecule has 0 atom stereocenters. The van der Waals surface area contributed by atoms with Crippen molar-refractivity contribution in [2.75, 3.05) is 0 Å². The number of carbonyl (C=O) groups is 1. The Kier molecular flexibility index (Phi) is 4.41. The van der Waals surface area contributed by atoms with Gasteiger partial charge in [-0.1, -0.05) is 12.2 Å². The van der Waals surface area contributed by atoms with Gasteiger partial charge in [0.05, 0.1) is 11.0 Å². The van der Waals surface area contributed by atoms with Crippen LogP contribution < -0.4 is 0 Å². The predicted octanol–water partition coefficient (Wildman–Crippen LogP) is 3.51. The Morgan fingerprint density at radius 2 is 1.79 bits per heavy atom. The molecule has 0 radical (unpaired) electrons. The minimum atomic E-state index is -0.864. The highest BCUT2D eigenvalue weighted by atomic mass is 16.5. The van der Waals surface area contributed by atoms with E-state index in [1.165, 1.54) is 0 Å². The number of rotatable bonds is 2. The van der Waals surface area contributed by atoms with E-state index in [0.29, 0.717) is 12.2 Å². The monoisotopic (exact) mass is 264 g/mol. The van der Waals surface area contributed by atoms with Gasteiger partial charge in [0.1, 0.15) is 5.76 Å². The highest BCUT2D eigenvalue weighted by molar-refractivity contribution is 5.77. The Balaban J connectivity index is 2.98. The SMILES string of the molecule is CC1=CCC(C(C)(C)O)=CC=C1OC(=O)C(C)(C)C. The van der Waals surface area contributed by atoms with Crippen LogP contribution in [0.3, 0.4) is 0 Å². The molecule has 1 aliphatic rings. The van der Waals surface area contributed by atoms with Crippen LogP contribution >= 0.6 is 0 Å². The Hall–Kier alpha value is -1.35. The summed E-state index contributed by atoms with van der Waals surface area (Å²) in [6.07, 6.45) is 6.22. The molecule has 106 valence electrons. The van der Waals surface area contributed by atoms with Gasteiger partial charge >= 0.3 is 5.97 Å².